The van der Waals surface area contributed by atoms with E-state index < -0.39 is 0 Å². The molecule has 8 heteroatoms. The Hall–Kier alpha value is -2.48. The van der Waals surface area contributed by atoms with Crippen molar-refractivity contribution >= 4 is 11.7 Å². The average molecular weight is 355 g/mol. The van der Waals surface area contributed by atoms with E-state index in [4.69, 9.17) is 5.73 Å². The lowest BCUT2D eigenvalue weighted by molar-refractivity contribution is 0.0693. The largest absolute Gasteiger partial charge is 0.355 e. The summed E-state index contributed by atoms with van der Waals surface area (Å²) < 4.78 is 1.97. The lowest BCUT2D eigenvalue weighted by atomic mass is 10.2. The summed E-state index contributed by atoms with van der Waals surface area (Å²) >= 11 is 0. The van der Waals surface area contributed by atoms with Gasteiger partial charge in [-0.3, -0.25) is 9.48 Å². The number of hydrogen-bond acceptors (Lipinski definition) is 6. The molecule has 0 bridgehead atoms. The second-order valence-electron chi connectivity index (χ2n) is 7.30. The highest BCUT2D eigenvalue weighted by atomic mass is 16.2. The molecule has 8 nitrogen and oxygen atoms in total. The zero-order chi connectivity index (χ0) is 18.4. The predicted octanol–water partition coefficient (Wildman–Crippen LogP) is 0.792. The van der Waals surface area contributed by atoms with Crippen LogP contribution in [0.25, 0.3) is 0 Å². The van der Waals surface area contributed by atoms with Crippen molar-refractivity contribution in [2.75, 3.05) is 24.5 Å². The molecular weight excluding hydrogens is 330 g/mol. The van der Waals surface area contributed by atoms with Gasteiger partial charge in [0.2, 0.25) is 5.82 Å². The molecule has 0 unspecified atom stereocenters. The molecule has 1 saturated heterocycles. The Morgan fingerprint density at radius 3 is 2.73 bits per heavy atom. The minimum absolute atomic E-state index is 0.122. The molecule has 0 radical (unpaired) electrons. The van der Waals surface area contributed by atoms with Gasteiger partial charge >= 0.3 is 0 Å². The Kier molecular flexibility index (Phi) is 4.14. The molecule has 1 fully saturated rings. The lowest BCUT2D eigenvalue weighted by Gasteiger charge is -2.28. The van der Waals surface area contributed by atoms with E-state index >= 15 is 0 Å². The third kappa shape index (κ3) is 2.94. The van der Waals surface area contributed by atoms with E-state index in [1.54, 1.807) is 4.90 Å². The van der Waals surface area contributed by atoms with E-state index in [9.17, 15) is 4.79 Å². The topological polar surface area (TPSA) is 93.2 Å². The molecule has 4 heterocycles. The summed E-state index contributed by atoms with van der Waals surface area (Å²) in [5.74, 6) is 0.989. The van der Waals surface area contributed by atoms with E-state index in [-0.39, 0.29) is 17.8 Å². The number of carbonyl (C=O) groups is 1. The van der Waals surface area contributed by atoms with Gasteiger partial charge in [-0.15, -0.1) is 0 Å². The molecule has 138 valence electrons. The fraction of sp³-hybridized carbons (Fsp3) is 0.556. The van der Waals surface area contributed by atoms with Crippen LogP contribution in [0, 0.1) is 20.8 Å². The number of anilines is 1. The van der Waals surface area contributed by atoms with Crippen LogP contribution < -0.4 is 10.6 Å². The Bertz CT molecular complexity index is 859. The van der Waals surface area contributed by atoms with Crippen molar-refractivity contribution in [3.8, 4) is 0 Å². The van der Waals surface area contributed by atoms with Crippen LogP contribution in [0.3, 0.4) is 0 Å². The van der Waals surface area contributed by atoms with Crippen LogP contribution >= 0.6 is 0 Å². The van der Waals surface area contributed by atoms with Gasteiger partial charge < -0.3 is 15.5 Å². The van der Waals surface area contributed by atoms with Crippen molar-refractivity contribution < 1.29 is 4.79 Å². The normalized spacial score (nSPS) is 19.8. The number of nitrogens with zero attached hydrogens (tertiary/aromatic N) is 6. The Morgan fingerprint density at radius 1 is 1.19 bits per heavy atom. The first-order valence-corrected chi connectivity index (χ1v) is 9.10. The van der Waals surface area contributed by atoms with Crippen molar-refractivity contribution in [2.45, 2.75) is 46.3 Å². The van der Waals surface area contributed by atoms with Crippen LogP contribution in [0.1, 0.15) is 39.7 Å². The van der Waals surface area contributed by atoms with E-state index in [0.717, 1.165) is 48.0 Å². The summed E-state index contributed by atoms with van der Waals surface area (Å²) in [4.78, 5) is 26.1. The van der Waals surface area contributed by atoms with Gasteiger partial charge in [0.25, 0.3) is 5.91 Å². The van der Waals surface area contributed by atoms with Gasteiger partial charge in [0.05, 0.1) is 24.5 Å². The monoisotopic (exact) mass is 355 g/mol. The van der Waals surface area contributed by atoms with Crippen LogP contribution in [0.15, 0.2) is 6.07 Å². The second kappa shape index (κ2) is 6.35. The van der Waals surface area contributed by atoms with Crippen LogP contribution in [0.2, 0.25) is 0 Å². The predicted molar refractivity (Wildman–Crippen MR) is 98.0 cm³/mol. The third-order valence-corrected chi connectivity index (χ3v) is 5.29. The number of aryl methyl sites for hydroxylation is 2. The van der Waals surface area contributed by atoms with Gasteiger partial charge in [0.15, 0.2) is 0 Å². The molecule has 1 amide bonds. The number of carbonyl (C=O) groups excluding carboxylic acids is 1. The quantitative estimate of drug-likeness (QED) is 0.856. The first-order valence-electron chi connectivity index (χ1n) is 9.10. The molecule has 0 aliphatic carbocycles. The number of amides is 1. The van der Waals surface area contributed by atoms with Gasteiger partial charge in [-0.25, -0.2) is 9.97 Å². The molecule has 2 aromatic heterocycles. The van der Waals surface area contributed by atoms with E-state index in [2.05, 4.69) is 20.0 Å². The number of fused-ring (bicyclic) bond motifs is 1. The zero-order valence-electron chi connectivity index (χ0n) is 15.6. The van der Waals surface area contributed by atoms with Crippen LogP contribution in [-0.4, -0.2) is 56.2 Å². The van der Waals surface area contributed by atoms with Gasteiger partial charge in [0, 0.05) is 36.9 Å². The van der Waals surface area contributed by atoms with E-state index in [1.165, 1.54) is 0 Å². The summed E-state index contributed by atoms with van der Waals surface area (Å²) in [5, 5.41) is 4.45. The van der Waals surface area contributed by atoms with Crippen molar-refractivity contribution in [2.24, 2.45) is 5.73 Å². The van der Waals surface area contributed by atoms with Crippen LogP contribution in [0.4, 0.5) is 5.82 Å². The third-order valence-electron chi connectivity index (χ3n) is 5.29. The van der Waals surface area contributed by atoms with E-state index in [0.29, 0.717) is 19.6 Å². The standard InChI is InChI=1S/C18H25N7O/c1-11-8-15-10-24(6-7-25(15)22-11)18(26)16-20-13(3)12(2)17(21-16)23-5-4-14(19)9-23/h8,14H,4-7,9-10,19H2,1-3H3/t14-/m1/s1. The van der Waals surface area contributed by atoms with Crippen LogP contribution in [-0.2, 0) is 13.1 Å². The van der Waals surface area contributed by atoms with Crippen molar-refractivity contribution in [1.82, 2.24) is 24.6 Å². The number of aromatic nitrogens is 4. The smallest absolute Gasteiger partial charge is 0.292 e. The van der Waals surface area contributed by atoms with Gasteiger partial charge in [-0.1, -0.05) is 0 Å². The SMILES string of the molecule is Cc1cc2n(n1)CCN(C(=O)c1nc(C)c(C)c(N3CC[C@@H](N)C3)n1)C2. The van der Waals surface area contributed by atoms with Gasteiger partial charge in [0.1, 0.15) is 5.82 Å². The fourth-order valence-corrected chi connectivity index (χ4v) is 3.72. The summed E-state index contributed by atoms with van der Waals surface area (Å²) in [7, 11) is 0. The van der Waals surface area contributed by atoms with Gasteiger partial charge in [-0.2, -0.15) is 5.10 Å². The van der Waals surface area contributed by atoms with Crippen LogP contribution in [0.5, 0.6) is 0 Å². The molecule has 4 rings (SSSR count). The van der Waals surface area contributed by atoms with Crippen molar-refractivity contribution in [3.05, 3.63) is 34.5 Å². The number of hydrogen-bond donors (Lipinski definition) is 1. The molecule has 2 aliphatic rings. The molecule has 2 N–H and O–H groups in total. The maximum absolute atomic E-state index is 13.0. The highest BCUT2D eigenvalue weighted by Crippen LogP contribution is 2.24. The summed E-state index contributed by atoms with van der Waals surface area (Å²) in [6.45, 7) is 9.41. The first kappa shape index (κ1) is 17.0. The molecule has 0 spiro atoms. The molecule has 2 aliphatic heterocycles. The lowest BCUT2D eigenvalue weighted by Crippen LogP contribution is -2.39. The highest BCUT2D eigenvalue weighted by molar-refractivity contribution is 5.91. The molecular formula is C18H25N7O. The zero-order valence-corrected chi connectivity index (χ0v) is 15.6. The Labute approximate surface area is 153 Å². The maximum Gasteiger partial charge on any atom is 0.292 e. The molecule has 0 saturated carbocycles. The van der Waals surface area contributed by atoms with Crippen molar-refractivity contribution in [3.63, 3.8) is 0 Å². The number of rotatable bonds is 2. The fourth-order valence-electron chi connectivity index (χ4n) is 3.72. The molecule has 0 aromatic carbocycles. The molecule has 2 aromatic rings. The minimum atomic E-state index is -0.122. The maximum atomic E-state index is 13.0. The van der Waals surface area contributed by atoms with E-state index in [1.807, 2.05) is 31.5 Å². The number of nitrogens with two attached hydrogens (primary N) is 1. The van der Waals surface area contributed by atoms with Crippen molar-refractivity contribution in [1.29, 1.82) is 0 Å². The van der Waals surface area contributed by atoms with Gasteiger partial charge in [-0.05, 0) is 33.3 Å². The summed E-state index contributed by atoms with van der Waals surface area (Å²) in [6.07, 6.45) is 0.946. The average Bonchev–Trinajstić information content (AvgIpc) is 3.20. The first-order chi connectivity index (χ1) is 12.4. The Balaban J connectivity index is 1.61. The highest BCUT2D eigenvalue weighted by Gasteiger charge is 2.28. The summed E-state index contributed by atoms with van der Waals surface area (Å²) in [5.41, 5.74) is 9.93. The second-order valence-corrected chi connectivity index (χ2v) is 7.30. The minimum Gasteiger partial charge on any atom is -0.355 e. The Morgan fingerprint density at radius 2 is 2.00 bits per heavy atom. The molecule has 26 heavy (non-hydrogen) atoms. The summed E-state index contributed by atoms with van der Waals surface area (Å²) in [6, 6.07) is 2.19. The molecule has 1 atom stereocenters.